The van der Waals surface area contributed by atoms with Crippen molar-refractivity contribution in [3.63, 3.8) is 0 Å². The summed E-state index contributed by atoms with van der Waals surface area (Å²) < 4.78 is 215. The van der Waals surface area contributed by atoms with E-state index < -0.39 is 114 Å². The molecular formula is C43H17F15N4. The highest BCUT2D eigenvalue weighted by Gasteiger charge is 2.37. The van der Waals surface area contributed by atoms with Crippen molar-refractivity contribution in [3.8, 4) is 34.6 Å². The van der Waals surface area contributed by atoms with E-state index in [4.69, 9.17) is 0 Å². The van der Waals surface area contributed by atoms with Crippen LogP contribution in [0.15, 0.2) is 103 Å². The summed E-state index contributed by atoms with van der Waals surface area (Å²) in [5, 5.41) is 20.3. The molecule has 0 bridgehead atoms. The van der Waals surface area contributed by atoms with Crippen molar-refractivity contribution < 1.29 is 65.9 Å². The average molecular weight is 875 g/mol. The maximum Gasteiger partial charge on any atom is 0.416 e. The van der Waals surface area contributed by atoms with Crippen molar-refractivity contribution in [1.29, 1.82) is 10.5 Å². The first-order valence-electron chi connectivity index (χ1n) is 17.5. The van der Waals surface area contributed by atoms with Gasteiger partial charge in [-0.1, -0.05) is 30.3 Å². The third-order valence-corrected chi connectivity index (χ3v) is 10.3. The number of aromatic nitrogens is 2. The van der Waals surface area contributed by atoms with Crippen LogP contribution in [0.25, 0.3) is 66.1 Å². The Hall–Kier alpha value is -7.15. The van der Waals surface area contributed by atoms with Gasteiger partial charge in [0.2, 0.25) is 0 Å². The lowest BCUT2D eigenvalue weighted by atomic mass is 9.95. The van der Waals surface area contributed by atoms with Gasteiger partial charge in [-0.3, -0.25) is 0 Å². The van der Waals surface area contributed by atoms with Gasteiger partial charge >= 0.3 is 30.9 Å². The van der Waals surface area contributed by atoms with E-state index in [1.807, 2.05) is 0 Å². The second-order valence-electron chi connectivity index (χ2n) is 14.0. The second-order valence-corrected chi connectivity index (χ2v) is 14.0. The van der Waals surface area contributed by atoms with E-state index >= 15 is 0 Å². The summed E-state index contributed by atoms with van der Waals surface area (Å²) in [6, 6.07) is 15.3. The molecule has 314 valence electrons. The minimum atomic E-state index is -5.15. The van der Waals surface area contributed by atoms with Crippen LogP contribution >= 0.6 is 0 Å². The number of hydrogen-bond donors (Lipinski definition) is 0. The fraction of sp³-hybridized carbons (Fsp3) is 0.116. The van der Waals surface area contributed by atoms with Crippen molar-refractivity contribution in [1.82, 2.24) is 9.13 Å². The fourth-order valence-corrected chi connectivity index (χ4v) is 7.60. The van der Waals surface area contributed by atoms with Gasteiger partial charge in [-0.05, 0) is 78.4 Å². The Morgan fingerprint density at radius 3 is 1.08 bits per heavy atom. The lowest BCUT2D eigenvalue weighted by Crippen LogP contribution is -2.10. The van der Waals surface area contributed by atoms with E-state index in [1.165, 1.54) is 6.07 Å². The number of nitrogens with zero attached hydrogens (tertiary/aromatic N) is 4. The first-order valence-corrected chi connectivity index (χ1v) is 17.5. The number of hydrogen-bond acceptors (Lipinski definition) is 2. The molecule has 0 aliphatic carbocycles. The quantitative estimate of drug-likeness (QED) is 0.166. The zero-order valence-corrected chi connectivity index (χ0v) is 30.3. The second kappa shape index (κ2) is 13.7. The van der Waals surface area contributed by atoms with Gasteiger partial charge in [-0.15, -0.1) is 0 Å². The molecule has 0 unspecified atom stereocenters. The summed E-state index contributed by atoms with van der Waals surface area (Å²) in [6.45, 7) is 0. The Morgan fingerprint density at radius 2 is 0.742 bits per heavy atom. The molecule has 0 saturated carbocycles. The zero-order chi connectivity index (χ0) is 45.1. The smallest absolute Gasteiger partial charge is 0.308 e. The Bertz CT molecular complexity index is 3110. The summed E-state index contributed by atoms with van der Waals surface area (Å²) in [6.07, 6.45) is -25.4. The largest absolute Gasteiger partial charge is 0.416 e. The van der Waals surface area contributed by atoms with Crippen LogP contribution in [0.3, 0.4) is 0 Å². The van der Waals surface area contributed by atoms with E-state index in [2.05, 4.69) is 0 Å². The Labute approximate surface area is 336 Å². The van der Waals surface area contributed by atoms with E-state index in [0.717, 1.165) is 51.6 Å². The van der Waals surface area contributed by atoms with E-state index in [9.17, 15) is 76.4 Å². The molecule has 2 aromatic heterocycles. The number of nitriles is 2. The van der Waals surface area contributed by atoms with Crippen LogP contribution in [-0.4, -0.2) is 9.13 Å². The molecule has 0 radical (unpaired) electrons. The van der Waals surface area contributed by atoms with Crippen LogP contribution in [0.5, 0.6) is 0 Å². The van der Waals surface area contributed by atoms with Gasteiger partial charge < -0.3 is 9.13 Å². The molecule has 0 amide bonds. The van der Waals surface area contributed by atoms with Gasteiger partial charge in [0.05, 0.1) is 72.9 Å². The molecule has 6 aromatic carbocycles. The maximum atomic E-state index is 14.3. The molecule has 0 saturated heterocycles. The molecule has 0 N–H and O–H groups in total. The number of halogens is 15. The molecule has 8 aromatic rings. The van der Waals surface area contributed by atoms with Gasteiger partial charge in [0.25, 0.3) is 0 Å². The van der Waals surface area contributed by atoms with Gasteiger partial charge in [-0.2, -0.15) is 76.4 Å². The third kappa shape index (κ3) is 6.87. The lowest BCUT2D eigenvalue weighted by molar-refractivity contribution is -0.138. The standard InChI is InChI=1S/C43H17F15N4/c44-39(45,46)22-1-5-28-29-6-2-23(40(47,48)49)15-35(29)61(34(28)14-22)33-10-9-27(21-11-20(18-59)12-26(13-21)43(56,57)58)38(32(33)19-60)62-36-16-24(41(50,51)52)3-7-30(36)31-8-4-25(17-37(31)62)42(53,54)55/h1-17H. The topological polar surface area (TPSA) is 57.4 Å². The highest BCUT2D eigenvalue weighted by Crippen LogP contribution is 2.46. The molecule has 4 nitrogen and oxygen atoms in total. The lowest BCUT2D eigenvalue weighted by Gasteiger charge is -2.21. The summed E-state index contributed by atoms with van der Waals surface area (Å²) in [4.78, 5) is 0. The van der Waals surface area contributed by atoms with Crippen molar-refractivity contribution in [2.75, 3.05) is 0 Å². The van der Waals surface area contributed by atoms with Gasteiger partial charge in [0.15, 0.2) is 0 Å². The SMILES string of the molecule is N#Cc1cc(-c2ccc(-n3c4cc(C(F)(F)F)ccc4c4ccc(C(F)(F)F)cc43)c(C#N)c2-n2c3cc(C(F)(F)F)ccc3c3ccc(C(F)(F)F)cc32)cc(C(F)(F)F)c1. The van der Waals surface area contributed by atoms with E-state index in [-0.39, 0.29) is 21.5 Å². The number of rotatable bonds is 3. The minimum Gasteiger partial charge on any atom is -0.308 e. The Kier molecular flexibility index (Phi) is 9.18. The first-order chi connectivity index (χ1) is 28.8. The molecule has 2 heterocycles. The molecular weight excluding hydrogens is 857 g/mol. The molecule has 62 heavy (non-hydrogen) atoms. The van der Waals surface area contributed by atoms with Crippen LogP contribution in [-0.2, 0) is 30.9 Å². The molecule has 0 aliphatic heterocycles. The van der Waals surface area contributed by atoms with Crippen molar-refractivity contribution in [3.05, 3.63) is 142 Å². The average Bonchev–Trinajstić information content (AvgIpc) is 3.69. The fourth-order valence-electron chi connectivity index (χ4n) is 7.60. The number of alkyl halides is 15. The number of benzene rings is 6. The monoisotopic (exact) mass is 874 g/mol. The Morgan fingerprint density at radius 1 is 0.371 bits per heavy atom. The summed E-state index contributed by atoms with van der Waals surface area (Å²) in [5.74, 6) is 0. The maximum absolute atomic E-state index is 14.3. The van der Waals surface area contributed by atoms with Gasteiger partial charge in [-0.25, -0.2) is 0 Å². The summed E-state index contributed by atoms with van der Waals surface area (Å²) >= 11 is 0. The highest BCUT2D eigenvalue weighted by atomic mass is 19.4. The van der Waals surface area contributed by atoms with Crippen LogP contribution in [0, 0.1) is 22.7 Å². The van der Waals surface area contributed by atoms with Crippen molar-refractivity contribution in [2.24, 2.45) is 0 Å². The Balaban J connectivity index is 1.63. The number of fused-ring (bicyclic) bond motifs is 6. The predicted octanol–water partition coefficient (Wildman–Crippen LogP) is 14.4. The first kappa shape index (κ1) is 41.6. The predicted molar refractivity (Wildman–Crippen MR) is 195 cm³/mol. The van der Waals surface area contributed by atoms with Crippen LogP contribution in [0.4, 0.5) is 65.9 Å². The molecule has 8 rings (SSSR count). The van der Waals surface area contributed by atoms with Gasteiger partial charge in [0, 0.05) is 27.1 Å². The summed E-state index contributed by atoms with van der Waals surface area (Å²) in [7, 11) is 0. The zero-order valence-electron chi connectivity index (χ0n) is 30.3. The molecule has 19 heteroatoms. The molecule has 0 aliphatic rings. The molecule has 0 spiro atoms. The summed E-state index contributed by atoms with van der Waals surface area (Å²) in [5.41, 5.74) is -12.7. The molecule has 0 fully saturated rings. The van der Waals surface area contributed by atoms with Crippen LogP contribution < -0.4 is 0 Å². The molecule has 0 atom stereocenters. The minimum absolute atomic E-state index is 0.0886. The third-order valence-electron chi connectivity index (χ3n) is 10.3. The highest BCUT2D eigenvalue weighted by molar-refractivity contribution is 6.12. The van der Waals surface area contributed by atoms with Crippen LogP contribution in [0.2, 0.25) is 0 Å². The normalized spacial score (nSPS) is 13.0. The van der Waals surface area contributed by atoms with E-state index in [1.54, 1.807) is 6.07 Å². The van der Waals surface area contributed by atoms with Gasteiger partial charge in [0.1, 0.15) is 11.6 Å². The van der Waals surface area contributed by atoms with Crippen molar-refractivity contribution in [2.45, 2.75) is 30.9 Å². The van der Waals surface area contributed by atoms with E-state index in [0.29, 0.717) is 60.7 Å². The van der Waals surface area contributed by atoms with Crippen molar-refractivity contribution >= 4 is 43.6 Å². The van der Waals surface area contributed by atoms with Crippen LogP contribution in [0.1, 0.15) is 38.9 Å².